The molecule has 0 spiro atoms. The Bertz CT molecular complexity index is 392. The fourth-order valence-electron chi connectivity index (χ4n) is 3.39. The molecule has 1 saturated carbocycles. The molecule has 1 aliphatic rings. The third kappa shape index (κ3) is 3.62. The molecule has 0 heterocycles. The van der Waals surface area contributed by atoms with Crippen LogP contribution in [0.5, 0.6) is 0 Å². The molecular weight excluding hydrogens is 246 g/mol. The van der Waals surface area contributed by atoms with Crippen LogP contribution in [-0.4, -0.2) is 25.3 Å². The van der Waals surface area contributed by atoms with Crippen LogP contribution in [-0.2, 0) is 11.2 Å². The normalized spacial score (nSPS) is 19.1. The van der Waals surface area contributed by atoms with E-state index in [-0.39, 0.29) is 5.60 Å². The summed E-state index contributed by atoms with van der Waals surface area (Å²) < 4.78 is 5.99. The summed E-state index contributed by atoms with van der Waals surface area (Å²) in [7, 11) is 1.89. The van der Waals surface area contributed by atoms with E-state index in [0.717, 1.165) is 13.0 Å². The number of nitrogens with one attached hydrogen (secondary N) is 1. The summed E-state index contributed by atoms with van der Waals surface area (Å²) in [6.45, 7) is 5.44. The molecule has 2 rings (SSSR count). The van der Waals surface area contributed by atoms with Gasteiger partial charge in [-0.2, -0.15) is 0 Å². The molecular formula is C18H29NO. The molecule has 1 aromatic carbocycles. The molecule has 0 aromatic heterocycles. The Labute approximate surface area is 123 Å². The Morgan fingerprint density at radius 1 is 1.20 bits per heavy atom. The van der Waals surface area contributed by atoms with E-state index >= 15 is 0 Å². The summed E-state index contributed by atoms with van der Waals surface area (Å²) in [5.41, 5.74) is 2.78. The van der Waals surface area contributed by atoms with E-state index < -0.39 is 0 Å². The molecule has 1 fully saturated rings. The topological polar surface area (TPSA) is 21.3 Å². The van der Waals surface area contributed by atoms with Gasteiger partial charge in [-0.1, -0.05) is 49.6 Å². The summed E-state index contributed by atoms with van der Waals surface area (Å²) in [6.07, 6.45) is 7.21. The van der Waals surface area contributed by atoms with Crippen molar-refractivity contribution in [1.82, 2.24) is 5.32 Å². The van der Waals surface area contributed by atoms with Gasteiger partial charge in [-0.05, 0) is 44.7 Å². The van der Waals surface area contributed by atoms with Gasteiger partial charge in [0.25, 0.3) is 0 Å². The summed E-state index contributed by atoms with van der Waals surface area (Å²) in [4.78, 5) is 0. The highest BCUT2D eigenvalue weighted by Crippen LogP contribution is 2.36. The largest absolute Gasteiger partial charge is 0.377 e. The van der Waals surface area contributed by atoms with Crippen LogP contribution in [0.4, 0.5) is 0 Å². The van der Waals surface area contributed by atoms with Crippen molar-refractivity contribution in [2.75, 3.05) is 13.7 Å². The minimum Gasteiger partial charge on any atom is -0.377 e. The van der Waals surface area contributed by atoms with E-state index in [1.807, 2.05) is 7.11 Å². The third-order valence-electron chi connectivity index (χ3n) is 4.69. The van der Waals surface area contributed by atoms with Gasteiger partial charge in [-0.15, -0.1) is 0 Å². The first kappa shape index (κ1) is 15.5. The smallest absolute Gasteiger partial charge is 0.0834 e. The monoisotopic (exact) mass is 275 g/mol. The molecule has 0 aliphatic heterocycles. The fourth-order valence-corrected chi connectivity index (χ4v) is 3.39. The number of ether oxygens (including phenoxy) is 1. The zero-order chi connectivity index (χ0) is 14.4. The van der Waals surface area contributed by atoms with Gasteiger partial charge < -0.3 is 10.1 Å². The Hall–Kier alpha value is -0.860. The Morgan fingerprint density at radius 3 is 2.40 bits per heavy atom. The van der Waals surface area contributed by atoms with Crippen LogP contribution < -0.4 is 5.32 Å². The van der Waals surface area contributed by atoms with Gasteiger partial charge >= 0.3 is 0 Å². The van der Waals surface area contributed by atoms with Gasteiger partial charge in [-0.25, -0.2) is 0 Å². The maximum Gasteiger partial charge on any atom is 0.0834 e. The second-order valence-electron chi connectivity index (χ2n) is 6.17. The van der Waals surface area contributed by atoms with Gasteiger partial charge in [0.05, 0.1) is 5.60 Å². The average Bonchev–Trinajstić information content (AvgIpc) is 2.95. The molecule has 2 heteroatoms. The van der Waals surface area contributed by atoms with Crippen LogP contribution in [0.3, 0.4) is 0 Å². The van der Waals surface area contributed by atoms with Gasteiger partial charge in [0.15, 0.2) is 0 Å². The van der Waals surface area contributed by atoms with Crippen LogP contribution in [0, 0.1) is 6.92 Å². The molecule has 0 bridgehead atoms. The Balaban J connectivity index is 2.12. The number of benzene rings is 1. The lowest BCUT2D eigenvalue weighted by molar-refractivity contribution is -0.0354. The van der Waals surface area contributed by atoms with Crippen molar-refractivity contribution in [3.8, 4) is 0 Å². The van der Waals surface area contributed by atoms with Gasteiger partial charge in [0.1, 0.15) is 0 Å². The molecule has 1 N–H and O–H groups in total. The van der Waals surface area contributed by atoms with E-state index in [2.05, 4.69) is 43.4 Å². The Morgan fingerprint density at radius 2 is 1.85 bits per heavy atom. The van der Waals surface area contributed by atoms with E-state index in [9.17, 15) is 0 Å². The average molecular weight is 275 g/mol. The third-order valence-corrected chi connectivity index (χ3v) is 4.69. The zero-order valence-corrected chi connectivity index (χ0v) is 13.2. The molecule has 0 amide bonds. The van der Waals surface area contributed by atoms with Crippen molar-refractivity contribution in [3.63, 3.8) is 0 Å². The van der Waals surface area contributed by atoms with Crippen molar-refractivity contribution < 1.29 is 4.74 Å². The standard InChI is InChI=1S/C18H29NO/c1-4-13-19-17(18(20-3)11-5-6-12-18)14-16-9-7-15(2)8-10-16/h7-10,17,19H,4-6,11-14H2,1-3H3. The van der Waals surface area contributed by atoms with E-state index in [1.165, 1.54) is 43.2 Å². The molecule has 2 nitrogen and oxygen atoms in total. The number of aryl methyl sites for hydroxylation is 1. The fraction of sp³-hybridized carbons (Fsp3) is 0.667. The number of hydrogen-bond donors (Lipinski definition) is 1. The van der Waals surface area contributed by atoms with Crippen LogP contribution >= 0.6 is 0 Å². The first-order chi connectivity index (χ1) is 9.70. The second-order valence-corrected chi connectivity index (χ2v) is 6.17. The summed E-state index contributed by atoms with van der Waals surface area (Å²) >= 11 is 0. The summed E-state index contributed by atoms with van der Waals surface area (Å²) in [5.74, 6) is 0. The lowest BCUT2D eigenvalue weighted by atomic mass is 9.87. The van der Waals surface area contributed by atoms with Gasteiger partial charge in [-0.3, -0.25) is 0 Å². The lowest BCUT2D eigenvalue weighted by Crippen LogP contribution is -2.52. The minimum absolute atomic E-state index is 0.0417. The molecule has 1 unspecified atom stereocenters. The van der Waals surface area contributed by atoms with Crippen molar-refractivity contribution in [2.45, 2.75) is 64.0 Å². The van der Waals surface area contributed by atoms with Crippen LogP contribution in [0.15, 0.2) is 24.3 Å². The van der Waals surface area contributed by atoms with E-state index in [1.54, 1.807) is 0 Å². The van der Waals surface area contributed by atoms with Crippen molar-refractivity contribution in [2.24, 2.45) is 0 Å². The molecule has 0 radical (unpaired) electrons. The van der Waals surface area contributed by atoms with Crippen molar-refractivity contribution in [1.29, 1.82) is 0 Å². The van der Waals surface area contributed by atoms with Crippen LogP contribution in [0.1, 0.15) is 50.2 Å². The molecule has 0 saturated heterocycles. The number of hydrogen-bond acceptors (Lipinski definition) is 2. The van der Waals surface area contributed by atoms with Crippen molar-refractivity contribution >= 4 is 0 Å². The highest BCUT2D eigenvalue weighted by molar-refractivity contribution is 5.23. The predicted molar refractivity (Wildman–Crippen MR) is 85.2 cm³/mol. The molecule has 1 atom stereocenters. The first-order valence-corrected chi connectivity index (χ1v) is 8.04. The SMILES string of the molecule is CCCNC(Cc1ccc(C)cc1)C1(OC)CCCC1. The molecule has 20 heavy (non-hydrogen) atoms. The van der Waals surface area contributed by atoms with Gasteiger partial charge in [0, 0.05) is 13.2 Å². The first-order valence-electron chi connectivity index (χ1n) is 8.04. The number of rotatable bonds is 7. The zero-order valence-electron chi connectivity index (χ0n) is 13.2. The highest BCUT2D eigenvalue weighted by Gasteiger charge is 2.41. The second kappa shape index (κ2) is 7.24. The molecule has 1 aliphatic carbocycles. The lowest BCUT2D eigenvalue weighted by Gasteiger charge is -2.37. The molecule has 1 aromatic rings. The maximum absolute atomic E-state index is 5.99. The quantitative estimate of drug-likeness (QED) is 0.815. The minimum atomic E-state index is 0.0417. The van der Waals surface area contributed by atoms with Crippen LogP contribution in [0.25, 0.3) is 0 Å². The predicted octanol–water partition coefficient (Wildman–Crippen LogP) is 3.86. The maximum atomic E-state index is 5.99. The molecule has 112 valence electrons. The Kier molecular flexibility index (Phi) is 5.62. The summed E-state index contributed by atoms with van der Waals surface area (Å²) in [6, 6.07) is 9.36. The van der Waals surface area contributed by atoms with Crippen molar-refractivity contribution in [3.05, 3.63) is 35.4 Å². The van der Waals surface area contributed by atoms with Gasteiger partial charge in [0.2, 0.25) is 0 Å². The summed E-state index contributed by atoms with van der Waals surface area (Å²) in [5, 5.41) is 3.74. The number of methoxy groups -OCH3 is 1. The van der Waals surface area contributed by atoms with Crippen LogP contribution in [0.2, 0.25) is 0 Å². The van der Waals surface area contributed by atoms with E-state index in [4.69, 9.17) is 4.74 Å². The van der Waals surface area contributed by atoms with E-state index in [0.29, 0.717) is 6.04 Å². The highest BCUT2D eigenvalue weighted by atomic mass is 16.5.